The van der Waals surface area contributed by atoms with E-state index in [9.17, 15) is 23.1 Å². The number of piperidine rings is 1. The van der Waals surface area contributed by atoms with Crippen LogP contribution in [0.25, 0.3) is 0 Å². The number of hydrogen-bond acceptors (Lipinski definition) is 4. The maximum Gasteiger partial charge on any atom is 0.326 e. The molecular weight excluding hydrogens is 368 g/mol. The molecule has 1 aromatic carbocycles. The summed E-state index contributed by atoms with van der Waals surface area (Å²) in [4.78, 5) is 23.7. The van der Waals surface area contributed by atoms with Crippen molar-refractivity contribution >= 4 is 21.9 Å². The highest BCUT2D eigenvalue weighted by atomic mass is 32.2. The molecule has 1 aliphatic rings. The number of carbonyl (C=O) groups excluding carboxylic acids is 1. The average Bonchev–Trinajstić information content (AvgIpc) is 2.61. The highest BCUT2D eigenvalue weighted by molar-refractivity contribution is 7.89. The van der Waals surface area contributed by atoms with Gasteiger partial charge in [-0.3, -0.25) is 4.79 Å². The molecule has 1 saturated heterocycles. The molecule has 0 bridgehead atoms. The molecule has 0 spiro atoms. The Morgan fingerprint density at radius 2 is 1.74 bits per heavy atom. The first-order valence-corrected chi connectivity index (χ1v) is 10.7. The van der Waals surface area contributed by atoms with Gasteiger partial charge in [0.05, 0.1) is 4.90 Å². The van der Waals surface area contributed by atoms with Gasteiger partial charge < -0.3 is 10.4 Å². The number of hydrogen-bond donors (Lipinski definition) is 2. The molecule has 1 fully saturated rings. The fourth-order valence-electron chi connectivity index (χ4n) is 3.09. The zero-order valence-electron chi connectivity index (χ0n) is 16.0. The summed E-state index contributed by atoms with van der Waals surface area (Å²) in [6, 6.07) is 4.67. The lowest BCUT2D eigenvalue weighted by Gasteiger charge is -2.29. The van der Waals surface area contributed by atoms with Gasteiger partial charge in [0.25, 0.3) is 5.91 Å². The van der Waals surface area contributed by atoms with Crippen molar-refractivity contribution in [1.29, 1.82) is 0 Å². The maximum absolute atomic E-state index is 12.7. The van der Waals surface area contributed by atoms with E-state index in [2.05, 4.69) is 12.2 Å². The summed E-state index contributed by atoms with van der Waals surface area (Å²) < 4.78 is 26.9. The molecule has 1 amide bonds. The van der Waals surface area contributed by atoms with Crippen LogP contribution in [0.1, 0.15) is 50.4 Å². The Balaban J connectivity index is 2.09. The first-order valence-electron chi connectivity index (χ1n) is 9.25. The van der Waals surface area contributed by atoms with Crippen molar-refractivity contribution in [1.82, 2.24) is 9.62 Å². The van der Waals surface area contributed by atoms with Crippen LogP contribution in [0, 0.1) is 11.8 Å². The van der Waals surface area contributed by atoms with Crippen molar-refractivity contribution in [3.8, 4) is 0 Å². The van der Waals surface area contributed by atoms with Crippen LogP contribution in [0.4, 0.5) is 0 Å². The minimum atomic E-state index is -3.57. The topological polar surface area (TPSA) is 104 Å². The van der Waals surface area contributed by atoms with E-state index in [-0.39, 0.29) is 16.4 Å². The van der Waals surface area contributed by atoms with Gasteiger partial charge in [0.1, 0.15) is 6.04 Å². The van der Waals surface area contributed by atoms with Gasteiger partial charge in [-0.1, -0.05) is 20.8 Å². The van der Waals surface area contributed by atoms with Crippen molar-refractivity contribution in [2.75, 3.05) is 13.1 Å². The Hall–Kier alpha value is -1.93. The van der Waals surface area contributed by atoms with E-state index in [1.165, 1.54) is 28.6 Å². The molecule has 1 atom stereocenters. The minimum Gasteiger partial charge on any atom is -0.480 e. The van der Waals surface area contributed by atoms with Crippen LogP contribution < -0.4 is 5.32 Å². The quantitative estimate of drug-likeness (QED) is 0.736. The number of nitrogens with one attached hydrogen (secondary N) is 1. The van der Waals surface area contributed by atoms with E-state index in [0.29, 0.717) is 25.4 Å². The van der Waals surface area contributed by atoms with Crippen molar-refractivity contribution in [3.05, 3.63) is 29.8 Å². The average molecular weight is 397 g/mol. The third-order valence-corrected chi connectivity index (χ3v) is 6.72. The normalized spacial score (nSPS) is 17.6. The SMILES string of the molecule is CC(C)C[C@H](NC(=O)c1ccc(S(=O)(=O)N2CCC(C)CC2)cc1)C(=O)O. The zero-order chi connectivity index (χ0) is 20.2. The number of nitrogens with zero attached hydrogens (tertiary/aromatic N) is 1. The zero-order valence-corrected chi connectivity index (χ0v) is 16.8. The summed E-state index contributed by atoms with van der Waals surface area (Å²) in [7, 11) is -3.57. The van der Waals surface area contributed by atoms with Crippen molar-refractivity contribution in [2.45, 2.75) is 51.0 Å². The summed E-state index contributed by atoms with van der Waals surface area (Å²) >= 11 is 0. The lowest BCUT2D eigenvalue weighted by molar-refractivity contribution is -0.139. The number of sulfonamides is 1. The molecular formula is C19H28N2O5S. The lowest BCUT2D eigenvalue weighted by atomic mass is 10.0. The molecule has 150 valence electrons. The molecule has 0 aliphatic carbocycles. The number of carbonyl (C=O) groups is 2. The van der Waals surface area contributed by atoms with Crippen LogP contribution in [0.3, 0.4) is 0 Å². The monoisotopic (exact) mass is 396 g/mol. The van der Waals surface area contributed by atoms with Crippen LogP contribution in [0.15, 0.2) is 29.2 Å². The van der Waals surface area contributed by atoms with Crippen LogP contribution >= 0.6 is 0 Å². The number of carboxylic acids is 1. The van der Waals surface area contributed by atoms with Crippen molar-refractivity contribution in [2.24, 2.45) is 11.8 Å². The lowest BCUT2D eigenvalue weighted by Crippen LogP contribution is -2.41. The van der Waals surface area contributed by atoms with E-state index in [1.54, 1.807) is 0 Å². The number of amides is 1. The van der Waals surface area contributed by atoms with E-state index in [1.807, 2.05) is 13.8 Å². The molecule has 1 heterocycles. The molecule has 0 radical (unpaired) electrons. The fourth-order valence-corrected chi connectivity index (χ4v) is 4.56. The minimum absolute atomic E-state index is 0.117. The van der Waals surface area contributed by atoms with Crippen molar-refractivity contribution in [3.63, 3.8) is 0 Å². The van der Waals surface area contributed by atoms with Gasteiger partial charge >= 0.3 is 5.97 Å². The second kappa shape index (κ2) is 8.84. The molecule has 8 heteroatoms. The van der Waals surface area contributed by atoms with Gasteiger partial charge in [-0.2, -0.15) is 4.31 Å². The van der Waals surface area contributed by atoms with E-state index >= 15 is 0 Å². The molecule has 0 saturated carbocycles. The van der Waals surface area contributed by atoms with Crippen LogP contribution in [-0.4, -0.2) is 48.8 Å². The molecule has 27 heavy (non-hydrogen) atoms. The van der Waals surface area contributed by atoms with Gasteiger partial charge in [0.15, 0.2) is 0 Å². The summed E-state index contributed by atoms with van der Waals surface area (Å²) in [5.74, 6) is -0.976. The first-order chi connectivity index (χ1) is 12.6. The highest BCUT2D eigenvalue weighted by Gasteiger charge is 2.28. The summed E-state index contributed by atoms with van der Waals surface area (Å²) in [6.07, 6.45) is 2.00. The predicted molar refractivity (Wildman–Crippen MR) is 102 cm³/mol. The predicted octanol–water partition coefficient (Wildman–Crippen LogP) is 2.34. The molecule has 1 aliphatic heterocycles. The summed E-state index contributed by atoms with van der Waals surface area (Å²) in [5, 5.41) is 11.7. The maximum atomic E-state index is 12.7. The summed E-state index contributed by atoms with van der Waals surface area (Å²) in [6.45, 7) is 6.87. The van der Waals surface area contributed by atoms with E-state index < -0.39 is 27.9 Å². The van der Waals surface area contributed by atoms with Gasteiger partial charge in [0.2, 0.25) is 10.0 Å². The van der Waals surface area contributed by atoms with Crippen LogP contribution in [0.2, 0.25) is 0 Å². The third kappa shape index (κ3) is 5.52. The van der Waals surface area contributed by atoms with Crippen LogP contribution in [-0.2, 0) is 14.8 Å². The smallest absolute Gasteiger partial charge is 0.326 e. The number of carboxylic acid groups (broad SMARTS) is 1. The van der Waals surface area contributed by atoms with Gasteiger partial charge in [0, 0.05) is 18.7 Å². The van der Waals surface area contributed by atoms with Crippen molar-refractivity contribution < 1.29 is 23.1 Å². The Kier molecular flexibility index (Phi) is 7.00. The molecule has 1 aromatic rings. The third-order valence-electron chi connectivity index (χ3n) is 4.81. The number of benzene rings is 1. The van der Waals surface area contributed by atoms with E-state index in [0.717, 1.165) is 12.8 Å². The Bertz CT molecular complexity index is 766. The van der Waals surface area contributed by atoms with Gasteiger partial charge in [-0.05, 0) is 55.4 Å². The second-order valence-corrected chi connectivity index (χ2v) is 9.54. The molecule has 0 unspecified atom stereocenters. The molecule has 2 N–H and O–H groups in total. The fraction of sp³-hybridized carbons (Fsp3) is 0.579. The Labute approximate surface area is 160 Å². The Morgan fingerprint density at radius 1 is 1.19 bits per heavy atom. The number of aliphatic carboxylic acids is 1. The molecule has 2 rings (SSSR count). The molecule has 7 nitrogen and oxygen atoms in total. The van der Waals surface area contributed by atoms with Crippen LogP contribution in [0.5, 0.6) is 0 Å². The summed E-state index contributed by atoms with van der Waals surface area (Å²) in [5.41, 5.74) is 0.233. The molecule has 0 aromatic heterocycles. The Morgan fingerprint density at radius 3 is 2.22 bits per heavy atom. The largest absolute Gasteiger partial charge is 0.480 e. The van der Waals surface area contributed by atoms with Gasteiger partial charge in [-0.25, -0.2) is 13.2 Å². The highest BCUT2D eigenvalue weighted by Crippen LogP contribution is 2.23. The van der Waals surface area contributed by atoms with E-state index in [4.69, 9.17) is 0 Å². The standard InChI is InChI=1S/C19H28N2O5S/c1-13(2)12-17(19(23)24)20-18(22)15-4-6-16(7-5-15)27(25,26)21-10-8-14(3)9-11-21/h4-7,13-14,17H,8-12H2,1-3H3,(H,20,22)(H,23,24)/t17-/m0/s1. The first kappa shape index (κ1) is 21.4. The van der Waals surface area contributed by atoms with Gasteiger partial charge in [-0.15, -0.1) is 0 Å². The second-order valence-electron chi connectivity index (χ2n) is 7.60. The number of rotatable bonds is 7.